The van der Waals surface area contributed by atoms with Crippen molar-refractivity contribution in [2.45, 2.75) is 58.5 Å². The summed E-state index contributed by atoms with van der Waals surface area (Å²) in [4.78, 5) is 32.8. The molecular formula is C18H29N5O2. The summed E-state index contributed by atoms with van der Waals surface area (Å²) in [6.45, 7) is 7.45. The largest absolute Gasteiger partial charge is 0.342 e. The lowest BCUT2D eigenvalue weighted by atomic mass is 9.83. The normalized spacial score (nSPS) is 23.9. The Morgan fingerprint density at radius 2 is 2.20 bits per heavy atom. The Morgan fingerprint density at radius 1 is 1.36 bits per heavy atom. The molecule has 138 valence electrons. The number of nitrogens with zero attached hydrogens (tertiary/aromatic N) is 5. The van der Waals surface area contributed by atoms with Gasteiger partial charge in [0.15, 0.2) is 0 Å². The van der Waals surface area contributed by atoms with E-state index in [9.17, 15) is 9.59 Å². The average Bonchev–Trinajstić information content (AvgIpc) is 3.10. The quantitative estimate of drug-likeness (QED) is 0.783. The number of amides is 2. The number of aryl methyl sites for hydroxylation is 1. The Labute approximate surface area is 149 Å². The third-order valence-electron chi connectivity index (χ3n) is 5.30. The molecule has 2 atom stereocenters. The smallest absolute Gasteiger partial charge is 0.222 e. The van der Waals surface area contributed by atoms with Crippen LogP contribution in [0.3, 0.4) is 0 Å². The van der Waals surface area contributed by atoms with Crippen LogP contribution in [-0.2, 0) is 16.1 Å². The van der Waals surface area contributed by atoms with Gasteiger partial charge in [-0.2, -0.15) is 5.10 Å². The van der Waals surface area contributed by atoms with Crippen LogP contribution in [0, 0.1) is 11.8 Å². The number of rotatable bonds is 6. The fourth-order valence-electron chi connectivity index (χ4n) is 4.11. The Kier molecular flexibility index (Phi) is 5.71. The molecule has 1 aromatic rings. The summed E-state index contributed by atoms with van der Waals surface area (Å²) in [5, 5.41) is 4.06. The van der Waals surface area contributed by atoms with Gasteiger partial charge < -0.3 is 9.80 Å². The van der Waals surface area contributed by atoms with E-state index < -0.39 is 0 Å². The second-order valence-corrected chi connectivity index (χ2v) is 7.70. The summed E-state index contributed by atoms with van der Waals surface area (Å²) in [5.74, 6) is 1.44. The number of piperidine rings is 2. The van der Waals surface area contributed by atoms with Crippen molar-refractivity contribution >= 4 is 11.8 Å². The molecule has 2 unspecified atom stereocenters. The summed E-state index contributed by atoms with van der Waals surface area (Å²) in [7, 11) is 0. The van der Waals surface area contributed by atoms with Gasteiger partial charge in [0.05, 0.1) is 0 Å². The molecule has 0 spiro atoms. The van der Waals surface area contributed by atoms with Crippen molar-refractivity contribution in [3.8, 4) is 0 Å². The summed E-state index contributed by atoms with van der Waals surface area (Å²) in [6.07, 6.45) is 6.98. The number of hydrogen-bond donors (Lipinski definition) is 0. The van der Waals surface area contributed by atoms with Crippen LogP contribution in [0.5, 0.6) is 0 Å². The molecule has 2 fully saturated rings. The molecular weight excluding hydrogens is 318 g/mol. The van der Waals surface area contributed by atoms with Crippen molar-refractivity contribution in [2.75, 3.05) is 19.6 Å². The maximum absolute atomic E-state index is 12.5. The molecule has 1 aromatic heterocycles. The van der Waals surface area contributed by atoms with Gasteiger partial charge in [-0.05, 0) is 31.1 Å². The average molecular weight is 347 g/mol. The highest BCUT2D eigenvalue weighted by Crippen LogP contribution is 2.32. The molecule has 7 heteroatoms. The molecule has 0 bridgehead atoms. The molecule has 0 aromatic carbocycles. The van der Waals surface area contributed by atoms with E-state index >= 15 is 0 Å². The first kappa shape index (κ1) is 17.9. The predicted octanol–water partition coefficient (Wildman–Crippen LogP) is 1.55. The molecule has 0 N–H and O–H groups in total. The minimum Gasteiger partial charge on any atom is -0.342 e. The number of aromatic nitrogens is 3. The molecule has 0 aliphatic carbocycles. The topological polar surface area (TPSA) is 71.3 Å². The maximum Gasteiger partial charge on any atom is 0.222 e. The van der Waals surface area contributed by atoms with Crippen LogP contribution >= 0.6 is 0 Å². The van der Waals surface area contributed by atoms with E-state index in [4.69, 9.17) is 0 Å². The zero-order valence-electron chi connectivity index (χ0n) is 15.3. The van der Waals surface area contributed by atoms with Gasteiger partial charge in [0.1, 0.15) is 12.7 Å². The number of likely N-dealkylation sites (tertiary alicyclic amines) is 2. The first-order valence-electron chi connectivity index (χ1n) is 9.44. The lowest BCUT2D eigenvalue weighted by Gasteiger charge is -2.47. The highest BCUT2D eigenvalue weighted by molar-refractivity contribution is 5.78. The van der Waals surface area contributed by atoms with Crippen LogP contribution < -0.4 is 0 Å². The van der Waals surface area contributed by atoms with Gasteiger partial charge in [0, 0.05) is 45.1 Å². The Morgan fingerprint density at radius 3 is 2.92 bits per heavy atom. The molecule has 2 saturated heterocycles. The lowest BCUT2D eigenvalue weighted by molar-refractivity contribution is -0.144. The van der Waals surface area contributed by atoms with E-state index in [1.165, 1.54) is 6.33 Å². The second-order valence-electron chi connectivity index (χ2n) is 7.70. The minimum atomic E-state index is 0.228. The van der Waals surface area contributed by atoms with Gasteiger partial charge in [0.2, 0.25) is 11.8 Å². The zero-order chi connectivity index (χ0) is 17.8. The van der Waals surface area contributed by atoms with Crippen molar-refractivity contribution in [3.05, 3.63) is 12.7 Å². The van der Waals surface area contributed by atoms with E-state index in [0.29, 0.717) is 36.6 Å². The zero-order valence-corrected chi connectivity index (χ0v) is 15.3. The maximum atomic E-state index is 12.5. The van der Waals surface area contributed by atoms with E-state index in [-0.39, 0.29) is 5.91 Å². The van der Waals surface area contributed by atoms with Gasteiger partial charge in [0.25, 0.3) is 0 Å². The van der Waals surface area contributed by atoms with Crippen molar-refractivity contribution in [3.63, 3.8) is 0 Å². The van der Waals surface area contributed by atoms with E-state index in [0.717, 1.165) is 45.4 Å². The summed E-state index contributed by atoms with van der Waals surface area (Å²) in [6, 6.07) is 0.322. The third-order valence-corrected chi connectivity index (χ3v) is 5.30. The first-order chi connectivity index (χ1) is 12.0. The SMILES string of the molecule is CC(C)CN1C(=O)CCC2CN(C(=O)CCCn3cncn3)CCC21. The highest BCUT2D eigenvalue weighted by Gasteiger charge is 2.40. The molecule has 0 radical (unpaired) electrons. The Hall–Kier alpha value is -1.92. The fraction of sp³-hybridized carbons (Fsp3) is 0.778. The fourth-order valence-corrected chi connectivity index (χ4v) is 4.11. The van der Waals surface area contributed by atoms with Crippen LogP contribution in [0.4, 0.5) is 0 Å². The number of carbonyl (C=O) groups excluding carboxylic acids is 2. The Bertz CT molecular complexity index is 586. The van der Waals surface area contributed by atoms with Gasteiger partial charge in [-0.3, -0.25) is 14.3 Å². The molecule has 2 aliphatic rings. The molecule has 3 heterocycles. The first-order valence-corrected chi connectivity index (χ1v) is 9.44. The van der Waals surface area contributed by atoms with Crippen LogP contribution in [-0.4, -0.2) is 62.1 Å². The number of fused-ring (bicyclic) bond motifs is 1. The standard InChI is InChI=1S/C18H29N5O2/c1-14(2)10-23-16-7-9-21(11-15(16)5-6-18(23)25)17(24)4-3-8-22-13-19-12-20-22/h12-16H,3-11H2,1-2H3. The predicted molar refractivity (Wildman–Crippen MR) is 93.5 cm³/mol. The van der Waals surface area contributed by atoms with Crippen LogP contribution in [0.15, 0.2) is 12.7 Å². The van der Waals surface area contributed by atoms with Gasteiger partial charge in [-0.15, -0.1) is 0 Å². The summed E-state index contributed by atoms with van der Waals surface area (Å²) in [5.41, 5.74) is 0. The van der Waals surface area contributed by atoms with Gasteiger partial charge in [-0.1, -0.05) is 13.8 Å². The van der Waals surface area contributed by atoms with Crippen LogP contribution in [0.1, 0.15) is 46.0 Å². The van der Waals surface area contributed by atoms with Crippen LogP contribution in [0.25, 0.3) is 0 Å². The molecule has 7 nitrogen and oxygen atoms in total. The molecule has 2 aliphatic heterocycles. The summed E-state index contributed by atoms with van der Waals surface area (Å²) < 4.78 is 1.76. The summed E-state index contributed by atoms with van der Waals surface area (Å²) >= 11 is 0. The highest BCUT2D eigenvalue weighted by atomic mass is 16.2. The van der Waals surface area contributed by atoms with E-state index in [1.54, 1.807) is 11.0 Å². The minimum absolute atomic E-state index is 0.228. The van der Waals surface area contributed by atoms with Crippen molar-refractivity contribution in [2.24, 2.45) is 11.8 Å². The van der Waals surface area contributed by atoms with Crippen LogP contribution in [0.2, 0.25) is 0 Å². The molecule has 25 heavy (non-hydrogen) atoms. The van der Waals surface area contributed by atoms with Crippen molar-refractivity contribution < 1.29 is 9.59 Å². The van der Waals surface area contributed by atoms with Crippen molar-refractivity contribution in [1.82, 2.24) is 24.6 Å². The molecule has 3 rings (SSSR count). The number of hydrogen-bond acceptors (Lipinski definition) is 4. The second kappa shape index (κ2) is 7.97. The third kappa shape index (κ3) is 4.38. The molecule has 2 amide bonds. The van der Waals surface area contributed by atoms with Crippen molar-refractivity contribution in [1.29, 1.82) is 0 Å². The molecule has 0 saturated carbocycles. The van der Waals surface area contributed by atoms with Gasteiger partial charge >= 0.3 is 0 Å². The number of carbonyl (C=O) groups is 2. The monoisotopic (exact) mass is 347 g/mol. The lowest BCUT2D eigenvalue weighted by Crippen LogP contribution is -2.57. The van der Waals surface area contributed by atoms with E-state index in [2.05, 4.69) is 28.8 Å². The Balaban J connectivity index is 1.50. The van der Waals surface area contributed by atoms with E-state index in [1.807, 2.05) is 4.90 Å². The van der Waals surface area contributed by atoms with Gasteiger partial charge in [-0.25, -0.2) is 4.98 Å².